The van der Waals surface area contributed by atoms with Gasteiger partial charge >= 0.3 is 24.2 Å². The zero-order valence-electron chi connectivity index (χ0n) is 17.7. The number of thiophene rings is 1. The maximum absolute atomic E-state index is 13.5. The minimum Gasteiger partial charge on any atom is -0.299 e. The Morgan fingerprint density at radius 2 is 1.17 bits per heavy atom. The summed E-state index contributed by atoms with van der Waals surface area (Å²) >= 11 is 1.17. The molecule has 0 aliphatic carbocycles. The third kappa shape index (κ3) is 5.97. The van der Waals surface area contributed by atoms with E-state index in [1.54, 1.807) is 17.5 Å². The van der Waals surface area contributed by atoms with Gasteiger partial charge in [-0.25, -0.2) is 4.98 Å². The lowest BCUT2D eigenvalue weighted by Crippen LogP contribution is -2.42. The third-order valence-corrected chi connectivity index (χ3v) is 5.47. The number of alkyl halides is 10. The number of hydrogen-bond acceptors (Lipinski definition) is 4. The van der Waals surface area contributed by atoms with Gasteiger partial charge in [-0.05, 0) is 66.3 Å². The Bertz CT molecular complexity index is 1100. The smallest absolute Gasteiger partial charge is 0.299 e. The van der Waals surface area contributed by atoms with E-state index in [0.717, 1.165) is 13.8 Å². The van der Waals surface area contributed by atoms with Crippen molar-refractivity contribution in [3.05, 3.63) is 53.2 Å². The number of nitrogens with one attached hydrogen (secondary N) is 2. The van der Waals surface area contributed by atoms with E-state index >= 15 is 0 Å². The Kier molecular flexibility index (Phi) is 7.70. The Labute approximate surface area is 195 Å². The highest BCUT2D eigenvalue weighted by molar-refractivity contribution is 7.13. The average Bonchev–Trinajstić information content (AvgIpc) is 3.26. The van der Waals surface area contributed by atoms with Gasteiger partial charge in [0.25, 0.3) is 0 Å². The van der Waals surface area contributed by atoms with E-state index in [1.165, 1.54) is 23.5 Å². The molecule has 35 heavy (non-hydrogen) atoms. The SMILES string of the molecule is C/C(=C\C(=N)C(F)(F)C(F)(F)F)c1cc(-c2cccs2)cc(/C(C)=C/C(=N)C(F)(F)C(F)(F)F)n1. The second kappa shape index (κ2) is 9.55. The molecule has 0 fully saturated rings. The van der Waals surface area contributed by atoms with Crippen molar-refractivity contribution in [1.82, 2.24) is 4.98 Å². The molecule has 0 radical (unpaired) electrons. The predicted octanol–water partition coefficient (Wildman–Crippen LogP) is 8.05. The number of nitrogens with zero attached hydrogens (tertiary/aromatic N) is 1. The van der Waals surface area contributed by atoms with Crippen molar-refractivity contribution in [2.24, 2.45) is 0 Å². The van der Waals surface area contributed by atoms with Gasteiger partial charge < -0.3 is 0 Å². The molecule has 2 aromatic rings. The number of aromatic nitrogens is 1. The first-order valence-electron chi connectivity index (χ1n) is 9.29. The molecule has 190 valence electrons. The molecule has 2 heterocycles. The van der Waals surface area contributed by atoms with Crippen molar-refractivity contribution < 1.29 is 43.9 Å². The average molecular weight is 531 g/mol. The van der Waals surface area contributed by atoms with Crippen LogP contribution in [0.5, 0.6) is 0 Å². The Morgan fingerprint density at radius 3 is 1.49 bits per heavy atom. The summed E-state index contributed by atoms with van der Waals surface area (Å²) < 4.78 is 129. The van der Waals surface area contributed by atoms with Crippen LogP contribution in [0.4, 0.5) is 43.9 Å². The predicted molar refractivity (Wildman–Crippen MR) is 112 cm³/mol. The molecule has 0 amide bonds. The molecule has 3 nitrogen and oxygen atoms in total. The van der Waals surface area contributed by atoms with Crippen molar-refractivity contribution in [1.29, 1.82) is 10.8 Å². The fourth-order valence-corrected chi connectivity index (χ4v) is 3.30. The van der Waals surface area contributed by atoms with E-state index in [2.05, 4.69) is 4.98 Å². The van der Waals surface area contributed by atoms with Gasteiger partial charge in [0.2, 0.25) is 0 Å². The zero-order valence-corrected chi connectivity index (χ0v) is 18.5. The van der Waals surface area contributed by atoms with Crippen LogP contribution in [0.3, 0.4) is 0 Å². The lowest BCUT2D eigenvalue weighted by Gasteiger charge is -2.19. The number of rotatable bonds is 7. The van der Waals surface area contributed by atoms with Gasteiger partial charge in [-0.15, -0.1) is 11.3 Å². The second-order valence-electron chi connectivity index (χ2n) is 7.23. The molecule has 0 aliphatic rings. The summed E-state index contributed by atoms with van der Waals surface area (Å²) in [6, 6.07) is 5.74. The van der Waals surface area contributed by atoms with E-state index in [-0.39, 0.29) is 34.7 Å². The standard InChI is InChI=1S/C21H15F10N3S/c1-10(6-16(32)18(22,23)20(26,27)28)13-8-12(15-4-3-5-35-15)9-14(34-13)11(2)7-17(33)19(24,25)21(29,30)31/h3-9,32-33H,1-2H3/b10-6+,11-7+,32-16?,33-17?. The number of pyridine rings is 1. The van der Waals surface area contributed by atoms with Gasteiger partial charge in [-0.3, -0.25) is 10.8 Å². The van der Waals surface area contributed by atoms with Gasteiger partial charge in [0.05, 0.1) is 11.4 Å². The minimum absolute atomic E-state index is 0.233. The largest absolute Gasteiger partial charge is 0.459 e. The number of hydrogen-bond donors (Lipinski definition) is 2. The molecule has 0 aliphatic heterocycles. The molecule has 0 spiro atoms. The highest BCUT2D eigenvalue weighted by Crippen LogP contribution is 2.39. The topological polar surface area (TPSA) is 60.6 Å². The van der Waals surface area contributed by atoms with Crippen LogP contribution in [0.25, 0.3) is 21.6 Å². The summed E-state index contributed by atoms with van der Waals surface area (Å²) in [6.45, 7) is 2.15. The summed E-state index contributed by atoms with van der Waals surface area (Å²) in [5.41, 5.74) is -5.00. The van der Waals surface area contributed by atoms with Gasteiger partial charge in [0.1, 0.15) is 11.4 Å². The molecule has 0 aromatic carbocycles. The Hall–Kier alpha value is -3.03. The molecule has 0 saturated carbocycles. The van der Waals surface area contributed by atoms with Gasteiger partial charge in [0.15, 0.2) is 0 Å². The van der Waals surface area contributed by atoms with Crippen LogP contribution in [0, 0.1) is 10.8 Å². The molecule has 2 aromatic heterocycles. The number of allylic oxidation sites excluding steroid dienone is 4. The van der Waals surface area contributed by atoms with Crippen LogP contribution in [0.15, 0.2) is 41.8 Å². The van der Waals surface area contributed by atoms with Crippen LogP contribution >= 0.6 is 11.3 Å². The third-order valence-electron chi connectivity index (χ3n) is 4.55. The first kappa shape index (κ1) is 28.2. The summed E-state index contributed by atoms with van der Waals surface area (Å²) in [5.74, 6) is -10.9. The fraction of sp³-hybridized carbons (Fsp3) is 0.286. The summed E-state index contributed by atoms with van der Waals surface area (Å²) in [7, 11) is 0. The molecule has 0 bridgehead atoms. The fourth-order valence-electron chi connectivity index (χ4n) is 2.59. The highest BCUT2D eigenvalue weighted by Gasteiger charge is 2.60. The van der Waals surface area contributed by atoms with Crippen molar-refractivity contribution in [2.75, 3.05) is 0 Å². The van der Waals surface area contributed by atoms with E-state index in [0.29, 0.717) is 10.4 Å². The van der Waals surface area contributed by atoms with Crippen LogP contribution in [0.1, 0.15) is 25.2 Å². The summed E-state index contributed by atoms with van der Waals surface area (Å²) in [4.78, 5) is 4.49. The van der Waals surface area contributed by atoms with Crippen LogP contribution in [-0.4, -0.2) is 40.6 Å². The van der Waals surface area contributed by atoms with Gasteiger partial charge in [-0.1, -0.05) is 6.07 Å². The van der Waals surface area contributed by atoms with Crippen molar-refractivity contribution >= 4 is 33.9 Å². The van der Waals surface area contributed by atoms with Crippen molar-refractivity contribution in [2.45, 2.75) is 38.0 Å². The zero-order chi connectivity index (χ0) is 27.0. The monoisotopic (exact) mass is 531 g/mol. The van der Waals surface area contributed by atoms with Crippen molar-refractivity contribution in [3.63, 3.8) is 0 Å². The first-order valence-corrected chi connectivity index (χ1v) is 10.2. The quantitative estimate of drug-likeness (QED) is 0.276. The molecule has 0 atom stereocenters. The molecule has 2 N–H and O–H groups in total. The summed E-state index contributed by atoms with van der Waals surface area (Å²) in [5, 5.41) is 16.0. The second-order valence-corrected chi connectivity index (χ2v) is 8.18. The van der Waals surface area contributed by atoms with E-state index in [4.69, 9.17) is 10.8 Å². The van der Waals surface area contributed by atoms with E-state index in [9.17, 15) is 43.9 Å². The maximum Gasteiger partial charge on any atom is 0.459 e. The van der Waals surface area contributed by atoms with E-state index in [1.807, 2.05) is 0 Å². The normalized spacial score (nSPS) is 14.3. The van der Waals surface area contributed by atoms with Crippen molar-refractivity contribution in [3.8, 4) is 10.4 Å². The molecule has 0 saturated heterocycles. The number of halogens is 10. The first-order chi connectivity index (χ1) is 15.8. The molecule has 0 unspecified atom stereocenters. The molecule has 2 rings (SSSR count). The highest BCUT2D eigenvalue weighted by atomic mass is 32.1. The van der Waals surface area contributed by atoms with Gasteiger partial charge in [0, 0.05) is 4.88 Å². The minimum atomic E-state index is -6.03. The van der Waals surface area contributed by atoms with Crippen LogP contribution in [-0.2, 0) is 0 Å². The van der Waals surface area contributed by atoms with Gasteiger partial charge in [-0.2, -0.15) is 43.9 Å². The Balaban J connectivity index is 2.61. The maximum atomic E-state index is 13.5. The molecule has 14 heteroatoms. The molecular weight excluding hydrogens is 516 g/mol. The lowest BCUT2D eigenvalue weighted by molar-refractivity contribution is -0.249. The lowest BCUT2D eigenvalue weighted by atomic mass is 10.0. The summed E-state index contributed by atoms with van der Waals surface area (Å²) in [6.07, 6.45) is -11.6. The van der Waals surface area contributed by atoms with E-state index < -0.39 is 35.6 Å². The molecular formula is C21H15F10N3S. The van der Waals surface area contributed by atoms with Crippen LogP contribution < -0.4 is 0 Å². The van der Waals surface area contributed by atoms with Crippen LogP contribution in [0.2, 0.25) is 0 Å². The Morgan fingerprint density at radius 1 is 0.771 bits per heavy atom.